The lowest BCUT2D eigenvalue weighted by Gasteiger charge is -2.07. The second kappa shape index (κ2) is 6.19. The average Bonchev–Trinajstić information content (AvgIpc) is 2.20. The predicted molar refractivity (Wildman–Crippen MR) is 66.3 cm³/mol. The van der Waals surface area contributed by atoms with Gasteiger partial charge in [-0.05, 0) is 24.3 Å². The topological polar surface area (TPSA) is 52.9 Å². The number of benzene rings is 1. The molecule has 0 saturated heterocycles. The highest BCUT2D eigenvalue weighted by molar-refractivity contribution is 8.00. The number of nitrogens with one attached hydrogen (secondary N) is 1. The third-order valence-electron chi connectivity index (χ3n) is 1.89. The van der Waals surface area contributed by atoms with Gasteiger partial charge in [-0.2, -0.15) is 5.26 Å². The molecule has 0 spiro atoms. The summed E-state index contributed by atoms with van der Waals surface area (Å²) in [6.45, 7) is 3.51. The van der Waals surface area contributed by atoms with Crippen molar-refractivity contribution < 1.29 is 4.79 Å². The fourth-order valence-electron chi connectivity index (χ4n) is 1.22. The number of hydrogen-bond donors (Lipinski definition) is 1. The van der Waals surface area contributed by atoms with Crippen molar-refractivity contribution in [2.24, 2.45) is 0 Å². The maximum atomic E-state index is 10.8. The van der Waals surface area contributed by atoms with Crippen LogP contribution in [-0.2, 0) is 4.79 Å². The first-order valence-corrected chi connectivity index (χ1v) is 5.91. The first-order chi connectivity index (χ1) is 7.61. The van der Waals surface area contributed by atoms with E-state index in [9.17, 15) is 4.79 Å². The van der Waals surface area contributed by atoms with Gasteiger partial charge in [0.05, 0.1) is 6.07 Å². The molecule has 0 aromatic heterocycles. The Kier molecular flexibility index (Phi) is 4.87. The minimum Gasteiger partial charge on any atom is -0.326 e. The number of rotatable bonds is 4. The van der Waals surface area contributed by atoms with Crippen LogP contribution in [-0.4, -0.2) is 11.2 Å². The molecule has 0 heterocycles. The zero-order valence-corrected chi connectivity index (χ0v) is 10.2. The van der Waals surface area contributed by atoms with Gasteiger partial charge in [-0.1, -0.05) is 6.92 Å². The lowest BCUT2D eigenvalue weighted by atomic mass is 10.3. The zero-order chi connectivity index (χ0) is 12.0. The van der Waals surface area contributed by atoms with Crippen LogP contribution in [0.2, 0.25) is 0 Å². The van der Waals surface area contributed by atoms with E-state index in [2.05, 4.69) is 11.4 Å². The minimum atomic E-state index is -0.0711. The summed E-state index contributed by atoms with van der Waals surface area (Å²) in [5.74, 6) is -0.0711. The van der Waals surface area contributed by atoms with Crippen LogP contribution in [0.5, 0.6) is 0 Å². The van der Waals surface area contributed by atoms with Crippen LogP contribution in [0.4, 0.5) is 5.69 Å². The molecule has 1 amide bonds. The van der Waals surface area contributed by atoms with Crippen molar-refractivity contribution in [1.82, 2.24) is 0 Å². The van der Waals surface area contributed by atoms with Crippen molar-refractivity contribution >= 4 is 23.4 Å². The molecule has 1 aromatic carbocycles. The Morgan fingerprint density at radius 2 is 2.12 bits per heavy atom. The first kappa shape index (κ1) is 12.6. The maximum absolute atomic E-state index is 10.8. The summed E-state index contributed by atoms with van der Waals surface area (Å²) in [5, 5.41) is 11.5. The van der Waals surface area contributed by atoms with E-state index < -0.39 is 0 Å². The van der Waals surface area contributed by atoms with Crippen molar-refractivity contribution in [2.75, 3.05) is 5.32 Å². The van der Waals surface area contributed by atoms with Gasteiger partial charge in [-0.3, -0.25) is 4.79 Å². The Hall–Kier alpha value is -1.47. The van der Waals surface area contributed by atoms with E-state index in [-0.39, 0.29) is 11.2 Å². The highest BCUT2D eigenvalue weighted by Crippen LogP contribution is 2.25. The van der Waals surface area contributed by atoms with Crippen LogP contribution in [0.3, 0.4) is 0 Å². The van der Waals surface area contributed by atoms with Gasteiger partial charge in [0.1, 0.15) is 0 Å². The largest absolute Gasteiger partial charge is 0.326 e. The molecule has 0 aliphatic carbocycles. The predicted octanol–water partition coefficient (Wildman–Crippen LogP) is 3.04. The summed E-state index contributed by atoms with van der Waals surface area (Å²) in [6.07, 6.45) is 0.540. The molecule has 16 heavy (non-hydrogen) atoms. The third-order valence-corrected chi connectivity index (χ3v) is 3.00. The highest BCUT2D eigenvalue weighted by Gasteiger charge is 2.03. The van der Waals surface area contributed by atoms with Crippen molar-refractivity contribution in [2.45, 2.75) is 30.4 Å². The van der Waals surface area contributed by atoms with Crippen LogP contribution < -0.4 is 5.32 Å². The van der Waals surface area contributed by atoms with Crippen LogP contribution in [0, 0.1) is 11.3 Å². The molecule has 84 valence electrons. The van der Waals surface area contributed by atoms with Crippen molar-refractivity contribution in [3.63, 3.8) is 0 Å². The number of amides is 1. The molecule has 4 heteroatoms. The number of thioether (sulfide) groups is 1. The Morgan fingerprint density at radius 3 is 2.62 bits per heavy atom. The Morgan fingerprint density at radius 1 is 1.50 bits per heavy atom. The SMILES string of the molecule is CC(=O)Nc1ccc(SC(C)CC#N)cc1. The number of anilines is 1. The minimum absolute atomic E-state index is 0.0711. The monoisotopic (exact) mass is 234 g/mol. The molecule has 0 radical (unpaired) electrons. The highest BCUT2D eigenvalue weighted by atomic mass is 32.2. The fraction of sp³-hybridized carbons (Fsp3) is 0.333. The van der Waals surface area contributed by atoms with E-state index >= 15 is 0 Å². The standard InChI is InChI=1S/C12H14N2OS/c1-9(7-8-13)16-12-5-3-11(4-6-12)14-10(2)15/h3-6,9H,7H2,1-2H3,(H,14,15). The second-order valence-electron chi connectivity index (χ2n) is 3.50. The molecule has 0 bridgehead atoms. The molecule has 0 fully saturated rings. The Balaban J connectivity index is 2.58. The van der Waals surface area contributed by atoms with Crippen LogP contribution >= 0.6 is 11.8 Å². The van der Waals surface area contributed by atoms with Gasteiger partial charge in [0.15, 0.2) is 0 Å². The van der Waals surface area contributed by atoms with E-state index in [1.54, 1.807) is 11.8 Å². The van der Waals surface area contributed by atoms with Gasteiger partial charge in [0.2, 0.25) is 5.91 Å². The third kappa shape index (κ3) is 4.37. The molecule has 3 nitrogen and oxygen atoms in total. The summed E-state index contributed by atoms with van der Waals surface area (Å²) in [6, 6.07) is 9.77. The van der Waals surface area contributed by atoms with E-state index in [0.29, 0.717) is 6.42 Å². The Labute approximate surface area is 99.8 Å². The number of nitrogens with zero attached hydrogens (tertiary/aromatic N) is 1. The zero-order valence-electron chi connectivity index (χ0n) is 9.36. The molecular weight excluding hydrogens is 220 g/mol. The van der Waals surface area contributed by atoms with Gasteiger partial charge < -0.3 is 5.32 Å². The molecule has 1 rings (SSSR count). The summed E-state index contributed by atoms with van der Waals surface area (Å²) >= 11 is 1.66. The summed E-state index contributed by atoms with van der Waals surface area (Å²) < 4.78 is 0. The number of nitriles is 1. The first-order valence-electron chi connectivity index (χ1n) is 5.03. The van der Waals surface area contributed by atoms with Crippen LogP contribution in [0.1, 0.15) is 20.3 Å². The van der Waals surface area contributed by atoms with Crippen LogP contribution in [0.15, 0.2) is 29.2 Å². The fourth-order valence-corrected chi connectivity index (χ4v) is 2.14. The summed E-state index contributed by atoms with van der Waals surface area (Å²) in [5.41, 5.74) is 0.796. The number of carbonyl (C=O) groups is 1. The molecule has 1 atom stereocenters. The lowest BCUT2D eigenvalue weighted by Crippen LogP contribution is -2.05. The van der Waals surface area contributed by atoms with Gasteiger partial charge in [-0.25, -0.2) is 0 Å². The van der Waals surface area contributed by atoms with E-state index in [1.807, 2.05) is 31.2 Å². The number of hydrogen-bond acceptors (Lipinski definition) is 3. The molecule has 1 N–H and O–H groups in total. The van der Waals surface area contributed by atoms with Gasteiger partial charge in [-0.15, -0.1) is 11.8 Å². The van der Waals surface area contributed by atoms with Gasteiger partial charge >= 0.3 is 0 Å². The molecule has 1 aromatic rings. The normalized spacial score (nSPS) is 11.6. The van der Waals surface area contributed by atoms with Crippen molar-refractivity contribution in [3.05, 3.63) is 24.3 Å². The summed E-state index contributed by atoms with van der Waals surface area (Å²) in [7, 11) is 0. The molecule has 0 aliphatic heterocycles. The summed E-state index contributed by atoms with van der Waals surface area (Å²) in [4.78, 5) is 11.9. The second-order valence-corrected chi connectivity index (χ2v) is 5.01. The van der Waals surface area contributed by atoms with Crippen molar-refractivity contribution in [3.8, 4) is 6.07 Å². The van der Waals surface area contributed by atoms with E-state index in [1.165, 1.54) is 6.92 Å². The smallest absolute Gasteiger partial charge is 0.221 e. The maximum Gasteiger partial charge on any atom is 0.221 e. The molecule has 0 saturated carbocycles. The molecule has 1 unspecified atom stereocenters. The lowest BCUT2D eigenvalue weighted by molar-refractivity contribution is -0.114. The van der Waals surface area contributed by atoms with Crippen LogP contribution in [0.25, 0.3) is 0 Å². The Bertz CT molecular complexity index is 394. The van der Waals surface area contributed by atoms with Crippen molar-refractivity contribution in [1.29, 1.82) is 5.26 Å². The number of carbonyl (C=O) groups excluding carboxylic acids is 1. The van der Waals surface area contributed by atoms with E-state index in [4.69, 9.17) is 5.26 Å². The van der Waals surface area contributed by atoms with E-state index in [0.717, 1.165) is 10.6 Å². The molecule has 0 aliphatic rings. The van der Waals surface area contributed by atoms with Gasteiger partial charge in [0, 0.05) is 29.2 Å². The molecular formula is C12H14N2OS. The van der Waals surface area contributed by atoms with Gasteiger partial charge in [0.25, 0.3) is 0 Å². The average molecular weight is 234 g/mol. The quantitative estimate of drug-likeness (QED) is 0.815.